The van der Waals surface area contributed by atoms with Gasteiger partial charge in [0.15, 0.2) is 17.5 Å². The number of likely N-dealkylation sites (N-methyl/N-ethyl adjacent to an activating group) is 1. The quantitative estimate of drug-likeness (QED) is 0.143. The number of nitrogens with zero attached hydrogens (tertiary/aromatic N) is 5. The third-order valence-electron chi connectivity index (χ3n) is 7.48. The second kappa shape index (κ2) is 10.8. The highest BCUT2D eigenvalue weighted by molar-refractivity contribution is 14.0. The van der Waals surface area contributed by atoms with E-state index in [0.29, 0.717) is 36.0 Å². The summed E-state index contributed by atoms with van der Waals surface area (Å²) in [5.74, 6) is 1.64. The van der Waals surface area contributed by atoms with Gasteiger partial charge in [-0.25, -0.2) is 4.68 Å². The Kier molecular flexibility index (Phi) is 7.45. The summed E-state index contributed by atoms with van der Waals surface area (Å²) in [7, 11) is 3.58. The van der Waals surface area contributed by atoms with Crippen LogP contribution in [0, 0.1) is 5.41 Å². The number of ether oxygens (including phenoxy) is 3. The first kappa shape index (κ1) is 26.9. The smallest absolute Gasteiger partial charge is 0.231 e. The van der Waals surface area contributed by atoms with Crippen molar-refractivity contribution in [3.63, 3.8) is 0 Å². The normalized spacial score (nSPS) is 19.3. The molecule has 0 radical (unpaired) electrons. The summed E-state index contributed by atoms with van der Waals surface area (Å²) >= 11 is 0. The molecule has 6 rings (SSSR count). The molecule has 4 aromatic rings. The Morgan fingerprint density at radius 1 is 1.13 bits per heavy atom. The average molecular weight is 640 g/mol. The van der Waals surface area contributed by atoms with E-state index in [-0.39, 0.29) is 47.8 Å². The number of hydrogen-bond acceptors (Lipinski definition) is 8. The van der Waals surface area contributed by atoms with E-state index in [1.807, 2.05) is 54.2 Å². The second-order valence-corrected chi connectivity index (χ2v) is 9.86. The third-order valence-corrected chi connectivity index (χ3v) is 7.48. The maximum atomic E-state index is 12.3. The molecule has 0 bridgehead atoms. The maximum Gasteiger partial charge on any atom is 0.231 e. The lowest BCUT2D eigenvalue weighted by molar-refractivity contribution is -0.930. The Bertz CT molecular complexity index is 1440. The fraction of sp³-hybridized carbons (Fsp3) is 0.286. The molecule has 0 saturated carbocycles. The van der Waals surface area contributed by atoms with Crippen LogP contribution >= 0.6 is 24.0 Å². The topological polar surface area (TPSA) is 118 Å². The van der Waals surface area contributed by atoms with Crippen molar-refractivity contribution in [3.05, 3.63) is 94.8 Å². The molecule has 10 nitrogen and oxygen atoms in total. The standard InChI is InChI=1S/C28H28N6O4.HI/c1-34(16-22(29)35)14-13-20-15-21-26(38-17-37-21)27(36-2)23(20)25(34)28-30-31-32-33(28)24(18-9-5-3-6-10-18)19-11-7-4-8-12-19;/h3-12,15,24-25H,13-14,16-17H2,1-2H3,(H-,29,35);1H. The average Bonchev–Trinajstić information content (AvgIpc) is 3.58. The highest BCUT2D eigenvalue weighted by Crippen LogP contribution is 2.52. The molecule has 0 fully saturated rings. The van der Waals surface area contributed by atoms with Crippen molar-refractivity contribution in [1.29, 1.82) is 5.41 Å². The van der Waals surface area contributed by atoms with E-state index in [4.69, 9.17) is 19.6 Å². The van der Waals surface area contributed by atoms with Crippen LogP contribution in [0.15, 0.2) is 66.7 Å². The van der Waals surface area contributed by atoms with Gasteiger partial charge in [-0.1, -0.05) is 60.7 Å². The van der Waals surface area contributed by atoms with Crippen LogP contribution in [-0.4, -0.2) is 64.6 Å². The highest BCUT2D eigenvalue weighted by atomic mass is 127. The van der Waals surface area contributed by atoms with E-state index in [1.54, 1.807) is 7.11 Å². The number of aromatic nitrogens is 4. The summed E-state index contributed by atoms with van der Waals surface area (Å²) < 4.78 is 19.5. The van der Waals surface area contributed by atoms with Crippen molar-refractivity contribution in [2.75, 3.05) is 34.0 Å². The van der Waals surface area contributed by atoms with E-state index < -0.39 is 11.9 Å². The molecule has 0 saturated heterocycles. The zero-order valence-electron chi connectivity index (χ0n) is 21.6. The van der Waals surface area contributed by atoms with Gasteiger partial charge in [0.2, 0.25) is 18.4 Å². The number of halogens is 1. The summed E-state index contributed by atoms with van der Waals surface area (Å²) in [5.41, 5.74) is 3.91. The Morgan fingerprint density at radius 3 is 2.41 bits per heavy atom. The summed E-state index contributed by atoms with van der Waals surface area (Å²) in [6.45, 7) is 0.716. The van der Waals surface area contributed by atoms with Crippen LogP contribution in [0.2, 0.25) is 0 Å². The number of methoxy groups -OCH3 is 1. The molecule has 3 aromatic carbocycles. The van der Waals surface area contributed by atoms with Crippen molar-refractivity contribution < 1.29 is 23.8 Å². The summed E-state index contributed by atoms with van der Waals surface area (Å²) in [4.78, 5) is 0. The van der Waals surface area contributed by atoms with Gasteiger partial charge in [-0.3, -0.25) is 0 Å². The zero-order valence-corrected chi connectivity index (χ0v) is 23.9. The molecule has 2 atom stereocenters. The van der Waals surface area contributed by atoms with Crippen molar-refractivity contribution in [2.24, 2.45) is 0 Å². The lowest BCUT2D eigenvalue weighted by atomic mass is 9.87. The maximum absolute atomic E-state index is 12.3. The van der Waals surface area contributed by atoms with Gasteiger partial charge in [0.25, 0.3) is 0 Å². The minimum atomic E-state index is -0.651. The van der Waals surface area contributed by atoms with Gasteiger partial charge < -0.3 is 29.2 Å². The van der Waals surface area contributed by atoms with Crippen LogP contribution in [0.3, 0.4) is 0 Å². The molecular weight excluding hydrogens is 611 g/mol. The van der Waals surface area contributed by atoms with Crippen LogP contribution in [0.5, 0.6) is 17.2 Å². The summed E-state index contributed by atoms with van der Waals surface area (Å²) in [6.07, 6.45) is 0.672. The molecule has 3 heterocycles. The zero-order chi connectivity index (χ0) is 26.3. The van der Waals surface area contributed by atoms with Gasteiger partial charge in [-0.15, -0.1) is 29.1 Å². The van der Waals surface area contributed by atoms with Crippen LogP contribution < -0.4 is 19.3 Å². The van der Waals surface area contributed by atoms with Gasteiger partial charge in [-0.2, -0.15) is 0 Å². The van der Waals surface area contributed by atoms with Crippen molar-refractivity contribution in [3.8, 4) is 17.2 Å². The predicted molar refractivity (Wildman–Crippen MR) is 152 cm³/mol. The van der Waals surface area contributed by atoms with Crippen LogP contribution in [0.4, 0.5) is 0 Å². The highest BCUT2D eigenvalue weighted by Gasteiger charge is 2.48. The minimum absolute atomic E-state index is 0. The number of quaternary nitrogens is 1. The molecule has 0 amide bonds. The molecule has 2 unspecified atom stereocenters. The molecule has 39 heavy (non-hydrogen) atoms. The number of tetrazole rings is 1. The predicted octanol–water partition coefficient (Wildman–Crippen LogP) is 3.10. The number of rotatable bonds is 7. The molecule has 0 aliphatic carbocycles. The molecule has 202 valence electrons. The number of hydrogen-bond donors (Lipinski definition) is 1. The largest absolute Gasteiger partial charge is 0.858 e. The van der Waals surface area contributed by atoms with Crippen LogP contribution in [0.25, 0.3) is 0 Å². The lowest BCUT2D eigenvalue weighted by Gasteiger charge is -2.46. The molecule has 0 spiro atoms. The third kappa shape index (κ3) is 4.69. The van der Waals surface area contributed by atoms with Crippen molar-refractivity contribution >= 4 is 29.9 Å². The van der Waals surface area contributed by atoms with Crippen LogP contribution in [-0.2, 0) is 6.42 Å². The van der Waals surface area contributed by atoms with E-state index in [2.05, 4.69) is 39.8 Å². The SMILES string of the molecule is COc1c2c(cc3c1C(c1nnnn1C(c1ccccc1)c1ccccc1)[N+](C)(CC(=N)[O-])CC3)OCO2.I. The molecule has 11 heteroatoms. The van der Waals surface area contributed by atoms with E-state index in [9.17, 15) is 5.11 Å². The Hall–Kier alpha value is -3.71. The number of nitrogens with one attached hydrogen (secondary N) is 1. The fourth-order valence-corrected chi connectivity index (χ4v) is 5.82. The Morgan fingerprint density at radius 2 is 1.79 bits per heavy atom. The number of fused-ring (bicyclic) bond motifs is 2. The fourth-order valence-electron chi connectivity index (χ4n) is 5.82. The molecule has 1 N–H and O–H groups in total. The lowest BCUT2D eigenvalue weighted by Crippen LogP contribution is -2.56. The Labute approximate surface area is 243 Å². The van der Waals surface area contributed by atoms with Gasteiger partial charge in [-0.05, 0) is 33.2 Å². The first-order valence-electron chi connectivity index (χ1n) is 12.5. The molecular formula is C28H29IN6O4. The first-order valence-corrected chi connectivity index (χ1v) is 12.5. The van der Waals surface area contributed by atoms with Crippen molar-refractivity contribution in [2.45, 2.75) is 18.5 Å². The molecule has 2 aliphatic heterocycles. The van der Waals surface area contributed by atoms with E-state index in [1.165, 1.54) is 0 Å². The Balaban J connectivity index is 0.00000308. The summed E-state index contributed by atoms with van der Waals surface area (Å²) in [6, 6.07) is 21.3. The molecule has 1 aromatic heterocycles. The van der Waals surface area contributed by atoms with Crippen LogP contribution in [0.1, 0.15) is 40.2 Å². The number of benzene rings is 3. The van der Waals surface area contributed by atoms with Gasteiger partial charge in [0.05, 0.1) is 26.3 Å². The minimum Gasteiger partial charge on any atom is -0.858 e. The van der Waals surface area contributed by atoms with Gasteiger partial charge in [0.1, 0.15) is 12.6 Å². The van der Waals surface area contributed by atoms with Gasteiger partial charge >= 0.3 is 0 Å². The van der Waals surface area contributed by atoms with Crippen molar-refractivity contribution in [1.82, 2.24) is 20.2 Å². The second-order valence-electron chi connectivity index (χ2n) is 9.86. The summed E-state index contributed by atoms with van der Waals surface area (Å²) in [5, 5.41) is 33.4. The van der Waals surface area contributed by atoms with Gasteiger partial charge in [0, 0.05) is 12.3 Å². The van der Waals surface area contributed by atoms with E-state index >= 15 is 0 Å². The monoisotopic (exact) mass is 640 g/mol. The first-order chi connectivity index (χ1) is 18.5. The van der Waals surface area contributed by atoms with E-state index in [0.717, 1.165) is 22.3 Å². The molecule has 2 aliphatic rings.